The summed E-state index contributed by atoms with van der Waals surface area (Å²) in [7, 11) is 1.60. The largest absolute Gasteiger partial charge is 0.497 e. The van der Waals surface area contributed by atoms with Crippen LogP contribution in [0, 0.1) is 0 Å². The van der Waals surface area contributed by atoms with E-state index in [-0.39, 0.29) is 18.3 Å². The number of methoxy groups -OCH3 is 1. The highest BCUT2D eigenvalue weighted by atomic mass is 32.2. The van der Waals surface area contributed by atoms with Crippen LogP contribution in [0.3, 0.4) is 0 Å². The van der Waals surface area contributed by atoms with Crippen LogP contribution in [0.1, 0.15) is 19.4 Å². The number of benzene rings is 2. The normalized spacial score (nSPS) is 10.8. The summed E-state index contributed by atoms with van der Waals surface area (Å²) in [6.07, 6.45) is 0.243. The first kappa shape index (κ1) is 19.0. The minimum Gasteiger partial charge on any atom is -0.497 e. The number of carbonyl (C=O) groups excluding carboxylic acids is 1. The topological polar surface area (TPSA) is 77.3 Å². The lowest BCUT2D eigenvalue weighted by molar-refractivity contribution is -0.115. The zero-order valence-corrected chi connectivity index (χ0v) is 16.2. The molecule has 0 aliphatic rings. The molecule has 0 radical (unpaired) electrons. The monoisotopic (exact) mass is 383 g/mol. The molecule has 1 N–H and O–H groups in total. The standard InChI is InChI=1S/C20H21N3O3S/c1-13(2)27-17-10-4-14(5-11-17)12-18(24)21-20-23-22-19(26-20)15-6-8-16(25-3)9-7-15/h4-11,13H,12H2,1-3H3,(H,21,23,24). The van der Waals surface area contributed by atoms with Crippen molar-refractivity contribution in [2.75, 3.05) is 12.4 Å². The summed E-state index contributed by atoms with van der Waals surface area (Å²) < 4.78 is 10.6. The van der Waals surface area contributed by atoms with E-state index in [2.05, 4.69) is 29.4 Å². The number of hydrogen-bond donors (Lipinski definition) is 1. The maximum Gasteiger partial charge on any atom is 0.322 e. The average Bonchev–Trinajstić information content (AvgIpc) is 3.11. The fraction of sp³-hybridized carbons (Fsp3) is 0.250. The number of anilines is 1. The van der Waals surface area contributed by atoms with E-state index in [1.807, 2.05) is 36.4 Å². The Morgan fingerprint density at radius 3 is 2.44 bits per heavy atom. The van der Waals surface area contributed by atoms with E-state index >= 15 is 0 Å². The Morgan fingerprint density at radius 2 is 1.81 bits per heavy atom. The molecule has 0 aliphatic heterocycles. The predicted molar refractivity (Wildman–Crippen MR) is 106 cm³/mol. The van der Waals surface area contributed by atoms with E-state index in [0.717, 1.165) is 16.9 Å². The zero-order chi connectivity index (χ0) is 19.2. The number of ether oxygens (including phenoxy) is 1. The number of nitrogens with one attached hydrogen (secondary N) is 1. The molecule has 0 saturated heterocycles. The number of thioether (sulfide) groups is 1. The van der Waals surface area contributed by atoms with E-state index in [9.17, 15) is 4.79 Å². The Balaban J connectivity index is 1.58. The number of aromatic nitrogens is 2. The van der Waals surface area contributed by atoms with Gasteiger partial charge in [-0.25, -0.2) is 0 Å². The van der Waals surface area contributed by atoms with Crippen molar-refractivity contribution in [3.05, 3.63) is 54.1 Å². The van der Waals surface area contributed by atoms with Gasteiger partial charge in [-0.15, -0.1) is 16.9 Å². The van der Waals surface area contributed by atoms with Gasteiger partial charge in [0.1, 0.15) is 5.75 Å². The summed E-state index contributed by atoms with van der Waals surface area (Å²) in [4.78, 5) is 13.4. The van der Waals surface area contributed by atoms with Gasteiger partial charge in [0.2, 0.25) is 11.8 Å². The molecule has 140 valence electrons. The van der Waals surface area contributed by atoms with Crippen LogP contribution in [0.2, 0.25) is 0 Å². The molecule has 1 amide bonds. The summed E-state index contributed by atoms with van der Waals surface area (Å²) in [5.74, 6) is 0.872. The zero-order valence-electron chi connectivity index (χ0n) is 15.4. The van der Waals surface area contributed by atoms with Crippen LogP contribution in [-0.2, 0) is 11.2 Å². The van der Waals surface area contributed by atoms with Crippen molar-refractivity contribution in [3.8, 4) is 17.2 Å². The molecule has 0 spiro atoms. The first-order valence-electron chi connectivity index (χ1n) is 8.57. The van der Waals surface area contributed by atoms with Crippen LogP contribution in [0.15, 0.2) is 57.8 Å². The van der Waals surface area contributed by atoms with Crippen LogP contribution in [0.4, 0.5) is 6.01 Å². The van der Waals surface area contributed by atoms with E-state index in [1.165, 1.54) is 4.90 Å². The quantitative estimate of drug-likeness (QED) is 0.608. The fourth-order valence-electron chi connectivity index (χ4n) is 2.43. The van der Waals surface area contributed by atoms with Gasteiger partial charge in [0.15, 0.2) is 0 Å². The minimum absolute atomic E-state index is 0.0813. The highest BCUT2D eigenvalue weighted by Gasteiger charge is 2.12. The van der Waals surface area contributed by atoms with Gasteiger partial charge < -0.3 is 9.15 Å². The van der Waals surface area contributed by atoms with Gasteiger partial charge >= 0.3 is 6.01 Å². The summed E-state index contributed by atoms with van der Waals surface area (Å²) in [5.41, 5.74) is 1.68. The van der Waals surface area contributed by atoms with Crippen molar-refractivity contribution in [1.82, 2.24) is 10.2 Å². The molecule has 1 aromatic heterocycles. The summed E-state index contributed by atoms with van der Waals surface area (Å²) >= 11 is 1.79. The Bertz CT molecular complexity index is 890. The molecule has 1 heterocycles. The van der Waals surface area contributed by atoms with Gasteiger partial charge in [-0.2, -0.15) is 0 Å². The molecule has 0 bridgehead atoms. The summed E-state index contributed by atoms with van der Waals surface area (Å²) in [5, 5.41) is 11.0. The third-order valence-corrected chi connectivity index (χ3v) is 4.68. The van der Waals surface area contributed by atoms with Crippen molar-refractivity contribution < 1.29 is 13.9 Å². The second kappa shape index (κ2) is 8.73. The average molecular weight is 383 g/mol. The molecular weight excluding hydrogens is 362 g/mol. The first-order valence-corrected chi connectivity index (χ1v) is 9.45. The van der Waals surface area contributed by atoms with Crippen molar-refractivity contribution in [1.29, 1.82) is 0 Å². The highest BCUT2D eigenvalue weighted by molar-refractivity contribution is 7.99. The molecule has 6 nitrogen and oxygen atoms in total. The summed E-state index contributed by atoms with van der Waals surface area (Å²) in [6.45, 7) is 4.30. The van der Waals surface area contributed by atoms with Gasteiger partial charge in [-0.05, 0) is 42.0 Å². The van der Waals surface area contributed by atoms with Crippen LogP contribution in [0.25, 0.3) is 11.5 Å². The lowest BCUT2D eigenvalue weighted by Gasteiger charge is -2.06. The minimum atomic E-state index is -0.204. The molecule has 3 aromatic rings. The first-order chi connectivity index (χ1) is 13.0. The van der Waals surface area contributed by atoms with E-state index in [1.54, 1.807) is 31.0 Å². The number of nitrogens with zero attached hydrogens (tertiary/aromatic N) is 2. The van der Waals surface area contributed by atoms with Crippen molar-refractivity contribution in [2.45, 2.75) is 30.4 Å². The lowest BCUT2D eigenvalue weighted by atomic mass is 10.1. The molecule has 0 atom stereocenters. The van der Waals surface area contributed by atoms with Gasteiger partial charge in [0, 0.05) is 15.7 Å². The van der Waals surface area contributed by atoms with Crippen LogP contribution >= 0.6 is 11.8 Å². The molecule has 2 aromatic carbocycles. The number of hydrogen-bond acceptors (Lipinski definition) is 6. The smallest absolute Gasteiger partial charge is 0.322 e. The highest BCUT2D eigenvalue weighted by Crippen LogP contribution is 2.24. The molecule has 0 saturated carbocycles. The Morgan fingerprint density at radius 1 is 1.11 bits per heavy atom. The number of amides is 1. The van der Waals surface area contributed by atoms with Gasteiger partial charge in [0.25, 0.3) is 0 Å². The Labute approximate surface area is 162 Å². The van der Waals surface area contributed by atoms with Gasteiger partial charge in [0.05, 0.1) is 13.5 Å². The molecular formula is C20H21N3O3S. The molecule has 27 heavy (non-hydrogen) atoms. The molecule has 7 heteroatoms. The summed E-state index contributed by atoms with van der Waals surface area (Å²) in [6, 6.07) is 15.3. The van der Waals surface area contributed by atoms with Crippen molar-refractivity contribution >= 4 is 23.7 Å². The Hall–Kier alpha value is -2.80. The number of carbonyl (C=O) groups is 1. The SMILES string of the molecule is COc1ccc(-c2nnc(NC(=O)Cc3ccc(SC(C)C)cc3)o2)cc1. The molecule has 0 fully saturated rings. The predicted octanol–water partition coefficient (Wildman–Crippen LogP) is 4.43. The van der Waals surface area contributed by atoms with E-state index in [4.69, 9.17) is 9.15 Å². The fourth-order valence-corrected chi connectivity index (χ4v) is 3.27. The third-order valence-electron chi connectivity index (χ3n) is 3.67. The lowest BCUT2D eigenvalue weighted by Crippen LogP contribution is -2.14. The van der Waals surface area contributed by atoms with Crippen LogP contribution < -0.4 is 10.1 Å². The van der Waals surface area contributed by atoms with E-state index in [0.29, 0.717) is 11.1 Å². The van der Waals surface area contributed by atoms with Crippen molar-refractivity contribution in [3.63, 3.8) is 0 Å². The van der Waals surface area contributed by atoms with E-state index < -0.39 is 0 Å². The molecule has 0 aliphatic carbocycles. The Kier molecular flexibility index (Phi) is 6.13. The van der Waals surface area contributed by atoms with Gasteiger partial charge in [-0.1, -0.05) is 31.1 Å². The molecule has 3 rings (SSSR count). The van der Waals surface area contributed by atoms with Gasteiger partial charge in [-0.3, -0.25) is 10.1 Å². The van der Waals surface area contributed by atoms with Crippen molar-refractivity contribution in [2.24, 2.45) is 0 Å². The maximum absolute atomic E-state index is 12.2. The van der Waals surface area contributed by atoms with Crippen LogP contribution in [0.5, 0.6) is 5.75 Å². The van der Waals surface area contributed by atoms with Crippen LogP contribution in [-0.4, -0.2) is 28.5 Å². The maximum atomic E-state index is 12.2. The second-order valence-corrected chi connectivity index (χ2v) is 7.83. The number of rotatable bonds is 7. The molecule has 0 unspecified atom stereocenters. The second-order valence-electron chi connectivity index (χ2n) is 6.18. The third kappa shape index (κ3) is 5.34.